The Labute approximate surface area is 209 Å². The lowest BCUT2D eigenvalue weighted by atomic mass is 9.92. The summed E-state index contributed by atoms with van der Waals surface area (Å²) in [6.45, 7) is 13.7. The number of carbonyl (C=O) groups is 1. The summed E-state index contributed by atoms with van der Waals surface area (Å²) < 4.78 is 0. The zero-order valence-electron chi connectivity index (χ0n) is 19.6. The van der Waals surface area contributed by atoms with Gasteiger partial charge < -0.3 is 15.1 Å². The fourth-order valence-electron chi connectivity index (χ4n) is 4.55. The van der Waals surface area contributed by atoms with Crippen molar-refractivity contribution in [1.29, 1.82) is 5.26 Å². The Bertz CT molecular complexity index is 788. The predicted octanol–water partition coefficient (Wildman–Crippen LogP) is 2.76. The van der Waals surface area contributed by atoms with Crippen LogP contribution in [0.2, 0.25) is 0 Å². The molecule has 1 N–H and O–H groups in total. The average molecular weight is 553 g/mol. The van der Waals surface area contributed by atoms with Gasteiger partial charge in [0, 0.05) is 45.8 Å². The van der Waals surface area contributed by atoms with Crippen LogP contribution in [0.25, 0.3) is 0 Å². The Balaban J connectivity index is 0.00000363. The van der Waals surface area contributed by atoms with Gasteiger partial charge in [-0.2, -0.15) is 5.26 Å². The molecular formula is C24H37IN6O. The largest absolute Gasteiger partial charge is 0.357 e. The Morgan fingerprint density at radius 1 is 1.09 bits per heavy atom. The number of aliphatic imine (C=N–C) groups is 1. The van der Waals surface area contributed by atoms with E-state index in [2.05, 4.69) is 46.9 Å². The van der Waals surface area contributed by atoms with Gasteiger partial charge in [-0.15, -0.1) is 24.0 Å². The standard InChI is InChI=1S/C24H36N6O.HI/c1-4-26-24(27-15-22-7-5-21(14-25)6-8-22)29-11-9-28(10-12-29)18-23(31)30-16-19(2)13-20(3)17-30;/h5-8,19-20H,4,9-13,15-18H2,1-3H3,(H,26,27);1H. The molecule has 0 bridgehead atoms. The lowest BCUT2D eigenvalue weighted by Crippen LogP contribution is -2.55. The number of nitriles is 1. The predicted molar refractivity (Wildman–Crippen MR) is 139 cm³/mol. The fraction of sp³-hybridized carbons (Fsp3) is 0.625. The van der Waals surface area contributed by atoms with Crippen LogP contribution in [0.4, 0.5) is 0 Å². The summed E-state index contributed by atoms with van der Waals surface area (Å²) in [6.07, 6.45) is 1.22. The van der Waals surface area contributed by atoms with E-state index >= 15 is 0 Å². The van der Waals surface area contributed by atoms with E-state index in [1.807, 2.05) is 24.3 Å². The number of hydrogen-bond donors (Lipinski definition) is 1. The number of nitrogens with zero attached hydrogens (tertiary/aromatic N) is 5. The topological polar surface area (TPSA) is 75.0 Å². The molecule has 2 aliphatic heterocycles. The maximum atomic E-state index is 12.8. The Kier molecular flexibility index (Phi) is 10.7. The van der Waals surface area contributed by atoms with Crippen LogP contribution in [0.3, 0.4) is 0 Å². The highest BCUT2D eigenvalue weighted by Gasteiger charge is 2.28. The lowest BCUT2D eigenvalue weighted by Gasteiger charge is -2.39. The number of likely N-dealkylation sites (tertiary alicyclic amines) is 1. The second kappa shape index (κ2) is 13.0. The molecule has 0 aliphatic carbocycles. The molecule has 0 spiro atoms. The van der Waals surface area contributed by atoms with Gasteiger partial charge >= 0.3 is 0 Å². The van der Waals surface area contributed by atoms with Crippen molar-refractivity contribution in [3.8, 4) is 6.07 Å². The molecular weight excluding hydrogens is 515 g/mol. The normalized spacial score (nSPS) is 22.1. The maximum Gasteiger partial charge on any atom is 0.236 e. The molecule has 8 heteroatoms. The molecule has 0 radical (unpaired) electrons. The van der Waals surface area contributed by atoms with Crippen LogP contribution < -0.4 is 5.32 Å². The molecule has 32 heavy (non-hydrogen) atoms. The van der Waals surface area contributed by atoms with E-state index in [1.165, 1.54) is 6.42 Å². The van der Waals surface area contributed by atoms with Crippen molar-refractivity contribution in [2.24, 2.45) is 16.8 Å². The summed E-state index contributed by atoms with van der Waals surface area (Å²) in [6, 6.07) is 9.72. The van der Waals surface area contributed by atoms with Crippen molar-refractivity contribution in [2.45, 2.75) is 33.7 Å². The summed E-state index contributed by atoms with van der Waals surface area (Å²) in [4.78, 5) is 24.2. The molecule has 7 nitrogen and oxygen atoms in total. The van der Waals surface area contributed by atoms with Crippen LogP contribution in [0.15, 0.2) is 29.3 Å². The second-order valence-electron chi connectivity index (χ2n) is 8.99. The van der Waals surface area contributed by atoms with E-state index in [1.54, 1.807) is 0 Å². The van der Waals surface area contributed by atoms with Gasteiger partial charge in [-0.05, 0) is 42.9 Å². The monoisotopic (exact) mass is 552 g/mol. The summed E-state index contributed by atoms with van der Waals surface area (Å²) >= 11 is 0. The minimum atomic E-state index is 0. The Morgan fingerprint density at radius 3 is 2.28 bits per heavy atom. The van der Waals surface area contributed by atoms with Gasteiger partial charge in [-0.3, -0.25) is 9.69 Å². The smallest absolute Gasteiger partial charge is 0.236 e. The molecule has 2 aliphatic rings. The first-order valence-electron chi connectivity index (χ1n) is 11.5. The quantitative estimate of drug-likeness (QED) is 0.346. The summed E-state index contributed by atoms with van der Waals surface area (Å²) in [5.41, 5.74) is 1.75. The van der Waals surface area contributed by atoms with Crippen molar-refractivity contribution in [3.63, 3.8) is 0 Å². The molecule has 3 rings (SSSR count). The van der Waals surface area contributed by atoms with Crippen molar-refractivity contribution in [3.05, 3.63) is 35.4 Å². The highest BCUT2D eigenvalue weighted by molar-refractivity contribution is 14.0. The van der Waals surface area contributed by atoms with Crippen molar-refractivity contribution in [1.82, 2.24) is 20.0 Å². The van der Waals surface area contributed by atoms with E-state index in [4.69, 9.17) is 10.3 Å². The van der Waals surface area contributed by atoms with Gasteiger partial charge in [0.1, 0.15) is 0 Å². The number of piperazine rings is 1. The fourth-order valence-corrected chi connectivity index (χ4v) is 4.55. The van der Waals surface area contributed by atoms with Gasteiger partial charge in [-0.25, -0.2) is 4.99 Å². The van der Waals surface area contributed by atoms with Crippen LogP contribution in [-0.2, 0) is 11.3 Å². The number of guanidine groups is 1. The molecule has 2 unspecified atom stereocenters. The summed E-state index contributed by atoms with van der Waals surface area (Å²) in [7, 11) is 0. The van der Waals surface area contributed by atoms with E-state index in [0.29, 0.717) is 30.5 Å². The van der Waals surface area contributed by atoms with Crippen molar-refractivity contribution < 1.29 is 4.79 Å². The SMILES string of the molecule is CCNC(=NCc1ccc(C#N)cc1)N1CCN(CC(=O)N2CC(C)CC(C)C2)CC1.I. The third kappa shape index (κ3) is 7.62. The molecule has 0 saturated carbocycles. The molecule has 1 aromatic rings. The summed E-state index contributed by atoms with van der Waals surface area (Å²) in [5.74, 6) is 2.38. The van der Waals surface area contributed by atoms with Crippen LogP contribution in [0, 0.1) is 23.2 Å². The first-order valence-corrected chi connectivity index (χ1v) is 11.5. The molecule has 1 aromatic carbocycles. The number of rotatable bonds is 5. The molecule has 176 valence electrons. The molecule has 2 fully saturated rings. The van der Waals surface area contributed by atoms with E-state index < -0.39 is 0 Å². The molecule has 2 atom stereocenters. The Hall–Kier alpha value is -1.86. The van der Waals surface area contributed by atoms with Crippen molar-refractivity contribution in [2.75, 3.05) is 52.4 Å². The highest BCUT2D eigenvalue weighted by Crippen LogP contribution is 2.21. The van der Waals surface area contributed by atoms with Crippen LogP contribution >= 0.6 is 24.0 Å². The minimum absolute atomic E-state index is 0. The minimum Gasteiger partial charge on any atom is -0.357 e. The van der Waals surface area contributed by atoms with E-state index in [9.17, 15) is 4.79 Å². The zero-order valence-corrected chi connectivity index (χ0v) is 21.9. The molecule has 1 amide bonds. The van der Waals surface area contributed by atoms with Gasteiger partial charge in [0.2, 0.25) is 5.91 Å². The molecule has 2 heterocycles. The maximum absolute atomic E-state index is 12.8. The first kappa shape index (κ1) is 26.4. The number of carbonyl (C=O) groups excluding carboxylic acids is 1. The number of benzene rings is 1. The van der Waals surface area contributed by atoms with Gasteiger partial charge in [0.25, 0.3) is 0 Å². The average Bonchev–Trinajstić information content (AvgIpc) is 2.77. The number of amides is 1. The second-order valence-corrected chi connectivity index (χ2v) is 8.99. The first-order chi connectivity index (χ1) is 15.0. The number of hydrogen-bond acceptors (Lipinski definition) is 4. The van der Waals surface area contributed by atoms with E-state index in [-0.39, 0.29) is 29.9 Å². The van der Waals surface area contributed by atoms with Crippen LogP contribution in [0.5, 0.6) is 0 Å². The highest BCUT2D eigenvalue weighted by atomic mass is 127. The number of halogens is 1. The van der Waals surface area contributed by atoms with Crippen molar-refractivity contribution >= 4 is 35.8 Å². The lowest BCUT2D eigenvalue weighted by molar-refractivity contribution is -0.135. The van der Waals surface area contributed by atoms with Crippen LogP contribution in [-0.4, -0.2) is 78.9 Å². The van der Waals surface area contributed by atoms with Crippen LogP contribution in [0.1, 0.15) is 38.3 Å². The third-order valence-electron chi connectivity index (χ3n) is 6.08. The Morgan fingerprint density at radius 2 is 1.72 bits per heavy atom. The number of nitrogens with one attached hydrogen (secondary N) is 1. The third-order valence-corrected chi connectivity index (χ3v) is 6.08. The molecule has 2 saturated heterocycles. The van der Waals surface area contributed by atoms with Gasteiger partial charge in [0.15, 0.2) is 5.96 Å². The van der Waals surface area contributed by atoms with Gasteiger partial charge in [-0.1, -0.05) is 26.0 Å². The number of piperidine rings is 1. The summed E-state index contributed by atoms with van der Waals surface area (Å²) in [5, 5.41) is 12.3. The van der Waals surface area contributed by atoms with Gasteiger partial charge in [0.05, 0.1) is 24.7 Å². The zero-order chi connectivity index (χ0) is 22.2. The van der Waals surface area contributed by atoms with E-state index in [0.717, 1.165) is 57.3 Å². The molecule has 0 aromatic heterocycles.